The first-order chi connectivity index (χ1) is 13.7. The van der Waals surface area contributed by atoms with E-state index in [9.17, 15) is 9.90 Å². The van der Waals surface area contributed by atoms with Crippen molar-refractivity contribution in [2.45, 2.75) is 118 Å². The zero-order valence-electron chi connectivity index (χ0n) is 19.5. The third-order valence-electron chi connectivity index (χ3n) is 6.77. The molecule has 0 radical (unpaired) electrons. The van der Waals surface area contributed by atoms with Crippen LogP contribution >= 0.6 is 0 Å². The molecule has 0 spiro atoms. The lowest BCUT2D eigenvalue weighted by Crippen LogP contribution is -2.14. The fraction of sp³-hybridized carbons (Fsp3) is 0.741. The predicted octanol–water partition coefficient (Wildman–Crippen LogP) is 7.89. The number of hydrogen-bond donors (Lipinski definition) is 1. The molecule has 164 valence electrons. The largest absolute Gasteiger partial charge is 0.481 e. The first kappa shape index (κ1) is 24.0. The second-order valence-corrected chi connectivity index (χ2v) is 10.7. The van der Waals surface area contributed by atoms with Gasteiger partial charge in [0.25, 0.3) is 0 Å². The molecule has 0 atom stereocenters. The molecule has 29 heavy (non-hydrogen) atoms. The molecule has 1 aromatic carbocycles. The lowest BCUT2D eigenvalue weighted by Gasteiger charge is -2.17. The maximum Gasteiger partial charge on any atom is 0.309 e. The molecule has 0 unspecified atom stereocenters. The Morgan fingerprint density at radius 3 is 2.17 bits per heavy atom. The summed E-state index contributed by atoms with van der Waals surface area (Å²) < 4.78 is 0. The fourth-order valence-electron chi connectivity index (χ4n) is 4.52. The Bertz CT molecular complexity index is 634. The molecule has 2 heteroatoms. The average molecular weight is 401 g/mol. The summed E-state index contributed by atoms with van der Waals surface area (Å²) >= 11 is 0. The number of unbranched alkanes of at least 4 members (excludes halogenated alkanes) is 6. The molecule has 0 aromatic heterocycles. The van der Waals surface area contributed by atoms with Crippen LogP contribution in [-0.2, 0) is 17.6 Å². The second-order valence-electron chi connectivity index (χ2n) is 10.7. The molecule has 0 saturated heterocycles. The van der Waals surface area contributed by atoms with Gasteiger partial charge >= 0.3 is 5.97 Å². The third kappa shape index (κ3) is 8.52. The lowest BCUT2D eigenvalue weighted by atomic mass is 9.89. The summed E-state index contributed by atoms with van der Waals surface area (Å²) in [6.45, 7) is 9.26. The van der Waals surface area contributed by atoms with Crippen LogP contribution in [0.1, 0.15) is 115 Å². The third-order valence-corrected chi connectivity index (χ3v) is 6.77. The van der Waals surface area contributed by atoms with E-state index in [4.69, 9.17) is 0 Å². The van der Waals surface area contributed by atoms with E-state index < -0.39 is 5.97 Å². The summed E-state index contributed by atoms with van der Waals surface area (Å²) in [5.74, 6) is -0.569. The van der Waals surface area contributed by atoms with Crippen LogP contribution in [-0.4, -0.2) is 11.1 Å². The summed E-state index contributed by atoms with van der Waals surface area (Å²) in [6.07, 6.45) is 16.4. The van der Waals surface area contributed by atoms with Gasteiger partial charge in [-0.2, -0.15) is 0 Å². The molecule has 0 amide bonds. The molecule has 0 heterocycles. The van der Waals surface area contributed by atoms with Crippen molar-refractivity contribution in [2.75, 3.05) is 0 Å². The number of carbonyl (C=O) groups is 1. The Hall–Kier alpha value is -1.31. The summed E-state index contributed by atoms with van der Waals surface area (Å²) in [5, 5.41) is 9.27. The van der Waals surface area contributed by atoms with Crippen LogP contribution < -0.4 is 0 Å². The highest BCUT2D eigenvalue weighted by Gasteiger charge is 2.49. The topological polar surface area (TPSA) is 37.3 Å². The highest BCUT2D eigenvalue weighted by Crippen LogP contribution is 2.50. The van der Waals surface area contributed by atoms with Crippen molar-refractivity contribution < 1.29 is 9.90 Å². The van der Waals surface area contributed by atoms with Crippen LogP contribution in [0.3, 0.4) is 0 Å². The molecule has 2 rings (SSSR count). The number of rotatable bonds is 14. The van der Waals surface area contributed by atoms with Gasteiger partial charge in [0.15, 0.2) is 0 Å². The summed E-state index contributed by atoms with van der Waals surface area (Å²) in [6, 6.07) is 6.81. The van der Waals surface area contributed by atoms with Gasteiger partial charge in [-0.1, -0.05) is 77.5 Å². The van der Waals surface area contributed by atoms with Gasteiger partial charge in [-0.3, -0.25) is 4.79 Å². The van der Waals surface area contributed by atoms with E-state index in [1.807, 2.05) is 0 Å². The van der Waals surface area contributed by atoms with Crippen molar-refractivity contribution in [2.24, 2.45) is 10.8 Å². The van der Waals surface area contributed by atoms with Gasteiger partial charge in [-0.25, -0.2) is 0 Å². The molecule has 1 saturated carbocycles. The maximum atomic E-state index is 11.3. The van der Waals surface area contributed by atoms with Crippen LogP contribution in [0.2, 0.25) is 0 Å². The molecular formula is C27H44O2. The molecule has 2 nitrogen and oxygen atoms in total. The van der Waals surface area contributed by atoms with E-state index in [0.29, 0.717) is 5.41 Å². The molecule has 1 fully saturated rings. The van der Waals surface area contributed by atoms with Crippen molar-refractivity contribution in [3.8, 4) is 0 Å². The molecule has 1 N–H and O–H groups in total. The normalized spacial score (nSPS) is 15.4. The van der Waals surface area contributed by atoms with E-state index in [2.05, 4.69) is 45.9 Å². The van der Waals surface area contributed by atoms with Gasteiger partial charge < -0.3 is 5.11 Å². The van der Waals surface area contributed by atoms with E-state index in [-0.39, 0.29) is 5.41 Å². The minimum absolute atomic E-state index is 0.337. The molecule has 1 aliphatic rings. The monoisotopic (exact) mass is 400 g/mol. The minimum Gasteiger partial charge on any atom is -0.481 e. The summed E-state index contributed by atoms with van der Waals surface area (Å²) in [5.41, 5.74) is 4.71. The summed E-state index contributed by atoms with van der Waals surface area (Å²) in [4.78, 5) is 11.3. The highest BCUT2D eigenvalue weighted by atomic mass is 16.4. The molecule has 1 aliphatic carbocycles. The fourth-order valence-corrected chi connectivity index (χ4v) is 4.52. The molecule has 0 bridgehead atoms. The first-order valence-corrected chi connectivity index (χ1v) is 12.0. The lowest BCUT2D eigenvalue weighted by molar-refractivity contribution is -0.143. The van der Waals surface area contributed by atoms with Crippen molar-refractivity contribution in [1.82, 2.24) is 0 Å². The van der Waals surface area contributed by atoms with Crippen molar-refractivity contribution in [1.29, 1.82) is 0 Å². The van der Waals surface area contributed by atoms with Crippen LogP contribution in [0.25, 0.3) is 0 Å². The maximum absolute atomic E-state index is 11.3. The van der Waals surface area contributed by atoms with E-state index in [1.54, 1.807) is 11.1 Å². The number of benzene rings is 1. The van der Waals surface area contributed by atoms with E-state index in [1.165, 1.54) is 69.8 Å². The number of hydrogen-bond acceptors (Lipinski definition) is 1. The second kappa shape index (κ2) is 11.2. The Morgan fingerprint density at radius 1 is 0.931 bits per heavy atom. The molecule has 0 aliphatic heterocycles. The SMILES string of the molecule is Cc1cccc(CCCCCCC(C)(C)C)c1CCCCCCC1(C(=O)O)CC1. The van der Waals surface area contributed by atoms with Crippen LogP contribution in [0, 0.1) is 17.8 Å². The average Bonchev–Trinajstić information content (AvgIpc) is 3.43. The van der Waals surface area contributed by atoms with Crippen LogP contribution in [0.5, 0.6) is 0 Å². The molecular weight excluding hydrogens is 356 g/mol. The predicted molar refractivity (Wildman–Crippen MR) is 124 cm³/mol. The van der Waals surface area contributed by atoms with Gasteiger partial charge in [-0.05, 0) is 80.4 Å². The van der Waals surface area contributed by atoms with Crippen LogP contribution in [0.4, 0.5) is 0 Å². The highest BCUT2D eigenvalue weighted by molar-refractivity contribution is 5.77. The number of carboxylic acid groups (broad SMARTS) is 1. The van der Waals surface area contributed by atoms with Crippen molar-refractivity contribution in [3.05, 3.63) is 34.9 Å². The minimum atomic E-state index is -0.569. The zero-order chi connectivity index (χ0) is 21.3. The Morgan fingerprint density at radius 2 is 1.55 bits per heavy atom. The van der Waals surface area contributed by atoms with E-state index in [0.717, 1.165) is 25.7 Å². The van der Waals surface area contributed by atoms with Gasteiger partial charge in [0.1, 0.15) is 0 Å². The Balaban J connectivity index is 1.66. The molecule has 1 aromatic rings. The number of aliphatic carboxylic acids is 1. The van der Waals surface area contributed by atoms with Gasteiger partial charge in [0.2, 0.25) is 0 Å². The van der Waals surface area contributed by atoms with E-state index >= 15 is 0 Å². The quantitative estimate of drug-likeness (QED) is 0.322. The zero-order valence-corrected chi connectivity index (χ0v) is 19.5. The number of aryl methyl sites for hydroxylation is 2. The standard InChI is InChI=1S/C27H44O2/c1-22-14-13-16-23(15-9-5-7-11-18-26(2,3)4)24(22)17-10-6-8-12-19-27(20-21-27)25(28)29/h13-14,16H,5-12,15,17-21H2,1-4H3,(H,28,29). The first-order valence-electron chi connectivity index (χ1n) is 12.0. The van der Waals surface area contributed by atoms with Gasteiger partial charge in [0.05, 0.1) is 5.41 Å². The van der Waals surface area contributed by atoms with Gasteiger partial charge in [0, 0.05) is 0 Å². The Kier molecular flexibility index (Phi) is 9.24. The summed E-state index contributed by atoms with van der Waals surface area (Å²) in [7, 11) is 0. The smallest absolute Gasteiger partial charge is 0.309 e. The Labute approximate surface area is 179 Å². The van der Waals surface area contributed by atoms with Crippen molar-refractivity contribution >= 4 is 5.97 Å². The van der Waals surface area contributed by atoms with Crippen LogP contribution in [0.15, 0.2) is 18.2 Å². The van der Waals surface area contributed by atoms with Crippen molar-refractivity contribution in [3.63, 3.8) is 0 Å². The van der Waals surface area contributed by atoms with Gasteiger partial charge in [-0.15, -0.1) is 0 Å². The number of carboxylic acids is 1.